The molecule has 252 valence electrons. The molecule has 5 N–H and O–H groups in total. The van der Waals surface area contributed by atoms with E-state index in [9.17, 15) is 19.5 Å². The summed E-state index contributed by atoms with van der Waals surface area (Å²) in [5.74, 6) is -0.455. The third kappa shape index (κ3) is 10.5. The molecule has 0 aromatic rings. The van der Waals surface area contributed by atoms with Gasteiger partial charge in [-0.2, -0.15) is 0 Å². The molecule has 0 bridgehead atoms. The summed E-state index contributed by atoms with van der Waals surface area (Å²) in [6.45, 7) is 9.58. The van der Waals surface area contributed by atoms with Gasteiger partial charge in [-0.1, -0.05) is 30.7 Å². The lowest BCUT2D eigenvalue weighted by Gasteiger charge is -2.39. The molecule has 0 aromatic heterocycles. The number of nitrogens with one attached hydrogen (secondary N) is 2. The van der Waals surface area contributed by atoms with E-state index in [0.717, 1.165) is 37.7 Å². The van der Waals surface area contributed by atoms with Crippen LogP contribution in [0.1, 0.15) is 86.0 Å². The molecule has 11 heteroatoms. The van der Waals surface area contributed by atoms with E-state index in [0.29, 0.717) is 19.4 Å². The fourth-order valence-corrected chi connectivity index (χ4v) is 6.64. The van der Waals surface area contributed by atoms with Crippen molar-refractivity contribution in [2.24, 2.45) is 11.7 Å². The van der Waals surface area contributed by atoms with Crippen molar-refractivity contribution in [1.29, 1.82) is 0 Å². The van der Waals surface area contributed by atoms with E-state index < -0.39 is 29.9 Å². The summed E-state index contributed by atoms with van der Waals surface area (Å²) in [7, 11) is 0. The first kappa shape index (κ1) is 35.3. The van der Waals surface area contributed by atoms with Crippen molar-refractivity contribution in [2.45, 2.75) is 146 Å². The number of ether oxygens (including phenoxy) is 4. The molecule has 1 aliphatic carbocycles. The quantitative estimate of drug-likeness (QED) is 0.116. The summed E-state index contributed by atoms with van der Waals surface area (Å²) < 4.78 is 23.2. The summed E-state index contributed by atoms with van der Waals surface area (Å²) >= 11 is 0. The first-order chi connectivity index (χ1) is 21.3. The van der Waals surface area contributed by atoms with Crippen LogP contribution in [-0.2, 0) is 33.3 Å². The molecule has 0 aromatic carbocycles. The van der Waals surface area contributed by atoms with Gasteiger partial charge in [0.25, 0.3) is 0 Å². The van der Waals surface area contributed by atoms with Gasteiger partial charge in [0.2, 0.25) is 11.8 Å². The van der Waals surface area contributed by atoms with Crippen LogP contribution in [0.2, 0.25) is 0 Å². The van der Waals surface area contributed by atoms with E-state index in [2.05, 4.69) is 23.6 Å². The van der Waals surface area contributed by atoms with Gasteiger partial charge in [-0.3, -0.25) is 14.4 Å². The molecule has 2 amide bonds. The van der Waals surface area contributed by atoms with Crippen molar-refractivity contribution < 1.29 is 38.4 Å². The zero-order chi connectivity index (χ0) is 32.7. The van der Waals surface area contributed by atoms with Gasteiger partial charge in [0, 0.05) is 31.5 Å². The second-order valence-corrected chi connectivity index (χ2v) is 13.5. The number of aliphatic hydroxyl groups excluding tert-OH is 1. The van der Waals surface area contributed by atoms with Gasteiger partial charge in [0.15, 0.2) is 0 Å². The van der Waals surface area contributed by atoms with E-state index in [-0.39, 0.29) is 60.6 Å². The van der Waals surface area contributed by atoms with Gasteiger partial charge in [-0.15, -0.1) is 0 Å². The second-order valence-electron chi connectivity index (χ2n) is 13.5. The second kappa shape index (κ2) is 15.8. The number of amides is 2. The van der Waals surface area contributed by atoms with Gasteiger partial charge in [0.05, 0.1) is 37.4 Å². The lowest BCUT2D eigenvalue weighted by atomic mass is 9.87. The molecule has 1 spiro atoms. The number of aliphatic hydroxyl groups is 1. The Morgan fingerprint density at radius 2 is 1.80 bits per heavy atom. The van der Waals surface area contributed by atoms with Crippen molar-refractivity contribution in [1.82, 2.24) is 10.6 Å². The topological polar surface area (TPSA) is 162 Å². The van der Waals surface area contributed by atoms with Crippen molar-refractivity contribution in [3.05, 3.63) is 36.0 Å². The predicted octanol–water partition coefficient (Wildman–Crippen LogP) is 2.75. The Labute approximate surface area is 267 Å². The molecule has 4 aliphatic rings. The molecule has 9 atom stereocenters. The number of epoxide rings is 1. The number of carbonyl (C=O) groups excluding carboxylic acids is 3. The van der Waals surface area contributed by atoms with Gasteiger partial charge in [0.1, 0.15) is 23.9 Å². The van der Waals surface area contributed by atoms with Crippen LogP contribution in [0.25, 0.3) is 0 Å². The maximum atomic E-state index is 12.8. The number of rotatable bonds is 11. The fraction of sp³-hybridized carbons (Fsp3) is 0.735. The third-order valence-electron chi connectivity index (χ3n) is 9.47. The summed E-state index contributed by atoms with van der Waals surface area (Å²) in [4.78, 5) is 36.3. The highest BCUT2D eigenvalue weighted by Gasteiger charge is 2.58. The number of allylic oxidation sites excluding steroid dienone is 2. The van der Waals surface area contributed by atoms with Gasteiger partial charge in [-0.05, 0) is 71.3 Å². The van der Waals surface area contributed by atoms with Gasteiger partial charge >= 0.3 is 5.97 Å². The highest BCUT2D eigenvalue weighted by Crippen LogP contribution is 2.43. The molecule has 3 aliphatic heterocycles. The normalized spacial score (nSPS) is 37.8. The molecule has 4 rings (SSSR count). The molecule has 11 nitrogen and oxygen atoms in total. The zero-order valence-electron chi connectivity index (χ0n) is 27.4. The maximum absolute atomic E-state index is 12.8. The smallest absolute Gasteiger partial charge is 0.303 e. The Morgan fingerprint density at radius 1 is 1.09 bits per heavy atom. The summed E-state index contributed by atoms with van der Waals surface area (Å²) in [5, 5.41) is 17.1. The number of carbonyl (C=O) groups is 3. The highest BCUT2D eigenvalue weighted by molar-refractivity contribution is 5.87. The number of hydrogen-bond donors (Lipinski definition) is 4. The zero-order valence-corrected chi connectivity index (χ0v) is 27.4. The van der Waals surface area contributed by atoms with Crippen molar-refractivity contribution in [3.8, 4) is 0 Å². The average Bonchev–Trinajstić information content (AvgIpc) is 3.74. The molecule has 4 fully saturated rings. The van der Waals surface area contributed by atoms with Crippen LogP contribution in [0.5, 0.6) is 0 Å². The Morgan fingerprint density at radius 3 is 2.47 bits per heavy atom. The molecule has 1 saturated carbocycles. The van der Waals surface area contributed by atoms with Crippen LogP contribution >= 0.6 is 0 Å². The maximum Gasteiger partial charge on any atom is 0.303 e. The number of nitrogens with two attached hydrogens (primary N) is 1. The minimum Gasteiger partial charge on any atom is -0.459 e. The molecule has 3 saturated heterocycles. The molecule has 3 heterocycles. The Balaban J connectivity index is 1.25. The van der Waals surface area contributed by atoms with Gasteiger partial charge in [-0.25, -0.2) is 0 Å². The fourth-order valence-electron chi connectivity index (χ4n) is 6.64. The van der Waals surface area contributed by atoms with E-state index in [1.165, 1.54) is 13.0 Å². The van der Waals surface area contributed by atoms with Crippen LogP contribution in [-0.4, -0.2) is 89.8 Å². The first-order valence-corrected chi connectivity index (χ1v) is 16.5. The monoisotopic (exact) mass is 631 g/mol. The van der Waals surface area contributed by atoms with Crippen LogP contribution in [0, 0.1) is 5.92 Å². The summed E-state index contributed by atoms with van der Waals surface area (Å²) in [6.07, 6.45) is 12.4. The van der Waals surface area contributed by atoms with Crippen LogP contribution < -0.4 is 16.4 Å². The minimum absolute atomic E-state index is 0.00141. The number of hydrogen-bond acceptors (Lipinski definition) is 9. The van der Waals surface area contributed by atoms with E-state index >= 15 is 0 Å². The van der Waals surface area contributed by atoms with Crippen molar-refractivity contribution >= 4 is 17.8 Å². The van der Waals surface area contributed by atoms with E-state index in [4.69, 9.17) is 24.7 Å². The molecule has 0 radical (unpaired) electrons. The Hall–Kier alpha value is -2.57. The van der Waals surface area contributed by atoms with Gasteiger partial charge < -0.3 is 40.4 Å². The highest BCUT2D eigenvalue weighted by atomic mass is 16.6. The standard InChI is InChI=1S/C34H53N3O8/c1-20(6-13-29-21(2)16-28(23(4)44-29)37-31(39)15-8-22(3)43-24(5)38)7-14-30-33(41)34(19-42-34)18-27(45-30)17-32(40)36-26-11-9-25(35)10-12-26/h6-8,14-15,21-23,25-30,33,41H,9-13,16-19,35H2,1-5H3,(H,36,40)(H,37,39)/b14-7+,15-8?,20-6+/t21-,22?,23+,25?,26?,27+,28+,29-,30+,33+,34+/m0/s1. The average molecular weight is 632 g/mol. The van der Waals surface area contributed by atoms with Crippen LogP contribution in [0.15, 0.2) is 36.0 Å². The third-order valence-corrected chi connectivity index (χ3v) is 9.47. The van der Waals surface area contributed by atoms with E-state index in [1.54, 1.807) is 13.0 Å². The summed E-state index contributed by atoms with van der Waals surface area (Å²) in [6, 6.07) is 0.266. The molecular formula is C34H53N3O8. The van der Waals surface area contributed by atoms with Crippen LogP contribution in [0.4, 0.5) is 0 Å². The van der Waals surface area contributed by atoms with Crippen molar-refractivity contribution in [2.75, 3.05) is 6.61 Å². The molecule has 45 heavy (non-hydrogen) atoms. The largest absolute Gasteiger partial charge is 0.459 e. The van der Waals surface area contributed by atoms with E-state index in [1.807, 2.05) is 26.0 Å². The number of esters is 1. The molecular weight excluding hydrogens is 578 g/mol. The Bertz CT molecular complexity index is 1130. The minimum atomic E-state index is -0.796. The van der Waals surface area contributed by atoms with Crippen LogP contribution in [0.3, 0.4) is 0 Å². The van der Waals surface area contributed by atoms with Crippen molar-refractivity contribution in [3.63, 3.8) is 0 Å². The predicted molar refractivity (Wildman–Crippen MR) is 169 cm³/mol. The molecule has 1 unspecified atom stereocenters. The SMILES string of the molecule is CC(=O)OC(C)C=CC(=O)N[C@@H]1C[C@H](C)[C@H](C/C=C(C)/C=C/[C@H]2O[C@H](CC(=O)NC3CCC(N)CC3)C[C@@]3(CO3)[C@@H]2O)O[C@@H]1C. The lowest BCUT2D eigenvalue weighted by molar-refractivity contribution is -0.146. The summed E-state index contributed by atoms with van der Waals surface area (Å²) in [5.41, 5.74) is 6.36. The first-order valence-electron chi connectivity index (χ1n) is 16.5. The Kier molecular flexibility index (Phi) is 12.4. The lowest BCUT2D eigenvalue weighted by Crippen LogP contribution is -2.51.